The highest BCUT2D eigenvalue weighted by Gasteiger charge is 2.37. The Kier molecular flexibility index (Phi) is 4.76. The molecular formula is C19H23NO3S. The third-order valence-corrected chi connectivity index (χ3v) is 6.07. The van der Waals surface area contributed by atoms with Crippen LogP contribution in [-0.2, 0) is 28.5 Å². The van der Waals surface area contributed by atoms with Crippen LogP contribution in [0.3, 0.4) is 0 Å². The van der Waals surface area contributed by atoms with Crippen LogP contribution in [0.5, 0.6) is 0 Å². The van der Waals surface area contributed by atoms with Crippen molar-refractivity contribution in [2.45, 2.75) is 43.1 Å². The third-order valence-electron chi connectivity index (χ3n) is 4.65. The fourth-order valence-corrected chi connectivity index (χ4v) is 4.36. The summed E-state index contributed by atoms with van der Waals surface area (Å²) in [6.07, 6.45) is 3.26. The minimum absolute atomic E-state index is 0.0109. The molecule has 0 aliphatic heterocycles. The van der Waals surface area contributed by atoms with Gasteiger partial charge in [-0.05, 0) is 48.1 Å². The first-order valence-electron chi connectivity index (χ1n) is 8.34. The molecule has 1 aliphatic rings. The molecule has 0 bridgehead atoms. The van der Waals surface area contributed by atoms with Crippen LogP contribution in [0.15, 0.2) is 53.4 Å². The molecule has 128 valence electrons. The highest BCUT2D eigenvalue weighted by atomic mass is 32.2. The Morgan fingerprint density at radius 3 is 2.54 bits per heavy atom. The fraction of sp³-hybridized carbons (Fsp3) is 0.368. The lowest BCUT2D eigenvalue weighted by atomic mass is 9.96. The van der Waals surface area contributed by atoms with Crippen LogP contribution in [0, 0.1) is 0 Å². The standard InChI is InChI=1S/C19H23NO3S/c1-2-5-15-8-10-17(11-9-15)24(22,23)20-14-19(21)13-12-16-6-3-4-7-18(16)19/h3-4,6-11,20-21H,2,5,12-14H2,1H3. The average molecular weight is 345 g/mol. The predicted molar refractivity (Wildman–Crippen MR) is 94.3 cm³/mol. The first-order valence-corrected chi connectivity index (χ1v) is 9.82. The van der Waals surface area contributed by atoms with E-state index in [9.17, 15) is 13.5 Å². The van der Waals surface area contributed by atoms with Crippen molar-refractivity contribution in [2.24, 2.45) is 0 Å². The molecular weight excluding hydrogens is 322 g/mol. The van der Waals surface area contributed by atoms with Crippen LogP contribution in [0.25, 0.3) is 0 Å². The largest absolute Gasteiger partial charge is 0.384 e. The van der Waals surface area contributed by atoms with E-state index in [4.69, 9.17) is 0 Å². The van der Waals surface area contributed by atoms with E-state index in [-0.39, 0.29) is 11.4 Å². The summed E-state index contributed by atoms with van der Waals surface area (Å²) in [5.41, 5.74) is 1.90. The van der Waals surface area contributed by atoms with Gasteiger partial charge >= 0.3 is 0 Å². The van der Waals surface area contributed by atoms with E-state index in [0.717, 1.165) is 36.0 Å². The van der Waals surface area contributed by atoms with Crippen molar-refractivity contribution in [3.05, 3.63) is 65.2 Å². The third kappa shape index (κ3) is 3.38. The Balaban J connectivity index is 1.74. The molecule has 0 radical (unpaired) electrons. The lowest BCUT2D eigenvalue weighted by Crippen LogP contribution is -2.39. The molecule has 1 atom stereocenters. The molecule has 4 nitrogen and oxygen atoms in total. The minimum Gasteiger partial charge on any atom is -0.384 e. The van der Waals surface area contributed by atoms with Gasteiger partial charge in [0.25, 0.3) is 0 Å². The lowest BCUT2D eigenvalue weighted by Gasteiger charge is -2.24. The summed E-state index contributed by atoms with van der Waals surface area (Å²) in [6, 6.07) is 14.6. The van der Waals surface area contributed by atoms with Gasteiger partial charge in [-0.25, -0.2) is 13.1 Å². The molecule has 0 amide bonds. The first-order chi connectivity index (χ1) is 11.4. The Labute approximate surface area is 143 Å². The van der Waals surface area contributed by atoms with Crippen molar-refractivity contribution in [2.75, 3.05) is 6.54 Å². The number of aliphatic hydroxyl groups is 1. The number of fused-ring (bicyclic) bond motifs is 1. The molecule has 2 N–H and O–H groups in total. The van der Waals surface area contributed by atoms with Gasteiger partial charge in [0.15, 0.2) is 0 Å². The molecule has 0 saturated carbocycles. The van der Waals surface area contributed by atoms with Crippen LogP contribution in [-0.4, -0.2) is 20.1 Å². The van der Waals surface area contributed by atoms with E-state index in [1.54, 1.807) is 12.1 Å². The van der Waals surface area contributed by atoms with E-state index < -0.39 is 15.6 Å². The summed E-state index contributed by atoms with van der Waals surface area (Å²) in [7, 11) is -3.63. The van der Waals surface area contributed by atoms with Crippen LogP contribution >= 0.6 is 0 Å². The molecule has 2 aromatic rings. The first kappa shape index (κ1) is 17.1. The van der Waals surface area contributed by atoms with Crippen molar-refractivity contribution < 1.29 is 13.5 Å². The van der Waals surface area contributed by atoms with E-state index in [0.29, 0.717) is 6.42 Å². The maximum Gasteiger partial charge on any atom is 0.240 e. The second kappa shape index (κ2) is 6.67. The van der Waals surface area contributed by atoms with Gasteiger partial charge in [0.2, 0.25) is 10.0 Å². The van der Waals surface area contributed by atoms with Gasteiger partial charge in [-0.15, -0.1) is 0 Å². The van der Waals surface area contributed by atoms with Crippen LogP contribution in [0.1, 0.15) is 36.5 Å². The number of aryl methyl sites for hydroxylation is 2. The average Bonchev–Trinajstić information content (AvgIpc) is 2.92. The molecule has 0 saturated heterocycles. The smallest absolute Gasteiger partial charge is 0.240 e. The van der Waals surface area contributed by atoms with Crippen molar-refractivity contribution in [3.63, 3.8) is 0 Å². The normalized spacial score (nSPS) is 20.1. The summed E-state index contributed by atoms with van der Waals surface area (Å²) in [4.78, 5) is 0.234. The lowest BCUT2D eigenvalue weighted by molar-refractivity contribution is 0.0442. The zero-order valence-corrected chi connectivity index (χ0v) is 14.6. The number of sulfonamides is 1. The zero-order chi connectivity index (χ0) is 17.2. The topological polar surface area (TPSA) is 66.4 Å². The highest BCUT2D eigenvalue weighted by molar-refractivity contribution is 7.89. The number of nitrogens with one attached hydrogen (secondary N) is 1. The van der Waals surface area contributed by atoms with Crippen molar-refractivity contribution in [1.29, 1.82) is 0 Å². The molecule has 0 fully saturated rings. The summed E-state index contributed by atoms with van der Waals surface area (Å²) in [6.45, 7) is 2.08. The van der Waals surface area contributed by atoms with Gasteiger partial charge in [0.1, 0.15) is 5.60 Å². The number of hydrogen-bond donors (Lipinski definition) is 2. The van der Waals surface area contributed by atoms with Crippen molar-refractivity contribution >= 4 is 10.0 Å². The molecule has 5 heteroatoms. The summed E-state index contributed by atoms with van der Waals surface area (Å²) < 4.78 is 27.6. The van der Waals surface area contributed by atoms with E-state index in [2.05, 4.69) is 11.6 Å². The van der Waals surface area contributed by atoms with Gasteiger partial charge in [-0.2, -0.15) is 0 Å². The Morgan fingerprint density at radius 2 is 1.83 bits per heavy atom. The van der Waals surface area contributed by atoms with Gasteiger partial charge in [-0.3, -0.25) is 0 Å². The number of hydrogen-bond acceptors (Lipinski definition) is 3. The molecule has 2 aromatic carbocycles. The van der Waals surface area contributed by atoms with Crippen LogP contribution in [0.4, 0.5) is 0 Å². The number of benzene rings is 2. The SMILES string of the molecule is CCCc1ccc(S(=O)(=O)NCC2(O)CCc3ccccc32)cc1. The van der Waals surface area contributed by atoms with Gasteiger partial charge in [-0.1, -0.05) is 49.7 Å². The van der Waals surface area contributed by atoms with Gasteiger partial charge in [0.05, 0.1) is 4.90 Å². The fourth-order valence-electron chi connectivity index (χ4n) is 3.27. The Morgan fingerprint density at radius 1 is 1.12 bits per heavy atom. The Hall–Kier alpha value is -1.69. The maximum absolute atomic E-state index is 12.5. The molecule has 1 unspecified atom stereocenters. The van der Waals surface area contributed by atoms with E-state index >= 15 is 0 Å². The van der Waals surface area contributed by atoms with Crippen LogP contribution < -0.4 is 4.72 Å². The highest BCUT2D eigenvalue weighted by Crippen LogP contribution is 2.36. The second-order valence-electron chi connectivity index (χ2n) is 6.41. The van der Waals surface area contributed by atoms with Gasteiger partial charge in [0, 0.05) is 6.54 Å². The zero-order valence-electron chi connectivity index (χ0n) is 13.8. The molecule has 1 aliphatic carbocycles. The van der Waals surface area contributed by atoms with Gasteiger partial charge < -0.3 is 5.11 Å². The molecule has 0 heterocycles. The molecule has 24 heavy (non-hydrogen) atoms. The minimum atomic E-state index is -3.63. The predicted octanol–water partition coefficient (Wildman–Crippen LogP) is 2.75. The monoisotopic (exact) mass is 345 g/mol. The number of rotatable bonds is 6. The van der Waals surface area contributed by atoms with Crippen molar-refractivity contribution in [1.82, 2.24) is 4.72 Å². The summed E-state index contributed by atoms with van der Waals surface area (Å²) in [5, 5.41) is 10.8. The Bertz CT molecular complexity index is 815. The van der Waals surface area contributed by atoms with E-state index in [1.165, 1.54) is 0 Å². The second-order valence-corrected chi connectivity index (χ2v) is 8.17. The molecule has 3 rings (SSSR count). The summed E-state index contributed by atoms with van der Waals surface area (Å²) in [5.74, 6) is 0. The molecule has 0 aromatic heterocycles. The van der Waals surface area contributed by atoms with Crippen LogP contribution in [0.2, 0.25) is 0 Å². The molecule has 0 spiro atoms. The quantitative estimate of drug-likeness (QED) is 0.846. The summed E-state index contributed by atoms with van der Waals surface area (Å²) >= 11 is 0. The maximum atomic E-state index is 12.5. The van der Waals surface area contributed by atoms with E-state index in [1.807, 2.05) is 36.4 Å². The van der Waals surface area contributed by atoms with Crippen molar-refractivity contribution in [3.8, 4) is 0 Å².